The molecule has 0 aliphatic carbocycles. The number of nitrogen functional groups attached to an aromatic ring is 1. The van der Waals surface area contributed by atoms with Gasteiger partial charge in [-0.15, -0.1) is 0 Å². The van der Waals surface area contributed by atoms with Crippen LogP contribution in [0.5, 0.6) is 11.5 Å². The fraction of sp³-hybridized carbons (Fsp3) is 0.314. The lowest BCUT2D eigenvalue weighted by Gasteiger charge is -2.22. The van der Waals surface area contributed by atoms with Crippen molar-refractivity contribution in [1.29, 1.82) is 10.5 Å². The van der Waals surface area contributed by atoms with Gasteiger partial charge in [0.15, 0.2) is 11.5 Å². The monoisotopic (exact) mass is 595 g/mol. The lowest BCUT2D eigenvalue weighted by atomic mass is 9.96. The molecule has 0 aliphatic rings. The van der Waals surface area contributed by atoms with Crippen molar-refractivity contribution < 1.29 is 9.47 Å². The van der Waals surface area contributed by atoms with Gasteiger partial charge in [-0.1, -0.05) is 107 Å². The van der Waals surface area contributed by atoms with E-state index >= 15 is 0 Å². The summed E-state index contributed by atoms with van der Waals surface area (Å²) in [5, 5.41) is 23.1. The van der Waals surface area contributed by atoms with Crippen LogP contribution < -0.4 is 15.2 Å². The lowest BCUT2D eigenvalue weighted by molar-refractivity contribution is 0.286. The van der Waals surface area contributed by atoms with E-state index in [9.17, 15) is 10.5 Å². The van der Waals surface area contributed by atoms with E-state index < -0.39 is 0 Å². The molecule has 5 nitrogen and oxygen atoms in total. The van der Waals surface area contributed by atoms with Crippen molar-refractivity contribution in [2.45, 2.75) is 78.9 Å². The van der Waals surface area contributed by atoms with E-state index in [0.29, 0.717) is 36.3 Å². The van der Waals surface area contributed by atoms with E-state index in [4.69, 9.17) is 15.2 Å². The summed E-state index contributed by atoms with van der Waals surface area (Å²) in [4.78, 5) is 3.36. The van der Waals surface area contributed by atoms with Gasteiger partial charge in [0.05, 0.1) is 23.0 Å². The first-order chi connectivity index (χ1) is 20.4. The second-order valence-corrected chi connectivity index (χ2v) is 12.4. The number of ether oxygens (including phenoxy) is 2. The zero-order valence-electron chi connectivity index (χ0n) is 24.7. The summed E-state index contributed by atoms with van der Waals surface area (Å²) in [5.41, 5.74) is 8.71. The first kappa shape index (κ1) is 31.2. The molecule has 0 aromatic heterocycles. The molecule has 7 heteroatoms. The number of fused-ring (bicyclic) bond motifs is 1. The molecule has 2 N–H and O–H groups in total. The molecule has 4 aromatic carbocycles. The molecule has 0 heterocycles. The number of hydrogen-bond acceptors (Lipinski definition) is 7. The molecule has 0 fully saturated rings. The number of benzene rings is 4. The van der Waals surface area contributed by atoms with Crippen molar-refractivity contribution in [3.63, 3.8) is 0 Å². The van der Waals surface area contributed by atoms with Crippen LogP contribution in [0.25, 0.3) is 10.8 Å². The van der Waals surface area contributed by atoms with Gasteiger partial charge in [-0.25, -0.2) is 0 Å². The Balaban J connectivity index is 2.04. The number of nitriles is 2. The molecule has 0 bridgehead atoms. The Labute approximate surface area is 258 Å². The maximum absolute atomic E-state index is 10.4. The van der Waals surface area contributed by atoms with Gasteiger partial charge in [0.25, 0.3) is 0 Å². The van der Waals surface area contributed by atoms with Crippen molar-refractivity contribution in [2.24, 2.45) is 0 Å². The molecule has 4 rings (SSSR count). The standard InChI is InChI=1S/C35H37N3O2S2/c1-5-7-19-39-32-27(21-36)28(22-37)33(40-20-8-6-2)35(42-31-17-10-9-16-29(31)38)34(32)41-30-18-12-14-25-24(23(3)4)13-11-15-26(25)30/h9-18,23H,5-8,19-20,38H2,1-4H3. The number of rotatable bonds is 13. The van der Waals surface area contributed by atoms with E-state index in [1.165, 1.54) is 22.7 Å². The van der Waals surface area contributed by atoms with Crippen molar-refractivity contribution in [3.8, 4) is 23.6 Å². The van der Waals surface area contributed by atoms with E-state index in [0.717, 1.165) is 50.7 Å². The maximum atomic E-state index is 10.4. The van der Waals surface area contributed by atoms with Gasteiger partial charge in [-0.05, 0) is 53.3 Å². The van der Waals surface area contributed by atoms with Crippen LogP contribution >= 0.6 is 23.5 Å². The third-order valence-corrected chi connectivity index (χ3v) is 9.40. The SMILES string of the molecule is CCCCOc1c(C#N)c(C#N)c(OCCCC)c(Sc2cccc3c(C(C)C)cccc23)c1Sc1ccccc1N. The predicted octanol–water partition coefficient (Wildman–Crippen LogP) is 9.95. The van der Waals surface area contributed by atoms with Gasteiger partial charge < -0.3 is 15.2 Å². The third-order valence-electron chi connectivity index (χ3n) is 6.92. The molecular weight excluding hydrogens is 559 g/mol. The van der Waals surface area contributed by atoms with Crippen molar-refractivity contribution in [1.82, 2.24) is 0 Å². The Morgan fingerprint density at radius 1 is 0.714 bits per heavy atom. The van der Waals surface area contributed by atoms with Crippen molar-refractivity contribution in [2.75, 3.05) is 18.9 Å². The largest absolute Gasteiger partial charge is 0.491 e. The summed E-state index contributed by atoms with van der Waals surface area (Å²) in [6.45, 7) is 9.45. The molecule has 0 saturated heterocycles. The highest BCUT2D eigenvalue weighted by atomic mass is 32.2. The minimum atomic E-state index is 0.196. The van der Waals surface area contributed by atoms with Crippen LogP contribution in [0, 0.1) is 22.7 Å². The lowest BCUT2D eigenvalue weighted by Crippen LogP contribution is -2.07. The topological polar surface area (TPSA) is 92.1 Å². The summed E-state index contributed by atoms with van der Waals surface area (Å²) in [6, 6.07) is 25.0. The van der Waals surface area contributed by atoms with E-state index in [-0.39, 0.29) is 11.1 Å². The third kappa shape index (κ3) is 6.81. The number of unbranched alkanes of at least 4 members (excludes halogenated alkanes) is 2. The Kier molecular flexibility index (Phi) is 11.1. The van der Waals surface area contributed by atoms with Gasteiger partial charge in [0, 0.05) is 15.5 Å². The number of nitrogens with two attached hydrogens (primary N) is 1. The van der Waals surface area contributed by atoms with Crippen LogP contribution in [0.4, 0.5) is 5.69 Å². The van der Waals surface area contributed by atoms with Crippen LogP contribution in [-0.2, 0) is 0 Å². The zero-order chi connectivity index (χ0) is 30.1. The van der Waals surface area contributed by atoms with Gasteiger partial charge in [0.1, 0.15) is 23.3 Å². The first-order valence-corrected chi connectivity index (χ1v) is 16.1. The molecular formula is C35H37N3O2S2. The zero-order valence-corrected chi connectivity index (χ0v) is 26.3. The van der Waals surface area contributed by atoms with Crippen LogP contribution in [-0.4, -0.2) is 13.2 Å². The normalized spacial score (nSPS) is 10.9. The summed E-state index contributed by atoms with van der Waals surface area (Å²) in [6.07, 6.45) is 3.53. The van der Waals surface area contributed by atoms with Gasteiger partial charge in [-0.3, -0.25) is 0 Å². The average molecular weight is 596 g/mol. The molecule has 0 spiro atoms. The maximum Gasteiger partial charge on any atom is 0.153 e. The van der Waals surface area contributed by atoms with Crippen LogP contribution in [0.3, 0.4) is 0 Å². The summed E-state index contributed by atoms with van der Waals surface area (Å²) < 4.78 is 12.7. The molecule has 216 valence electrons. The molecule has 0 radical (unpaired) electrons. The highest BCUT2D eigenvalue weighted by molar-refractivity contribution is 8.02. The highest BCUT2D eigenvalue weighted by Crippen LogP contribution is 2.53. The minimum Gasteiger partial charge on any atom is -0.491 e. The van der Waals surface area contributed by atoms with Crippen LogP contribution in [0.15, 0.2) is 80.2 Å². The average Bonchev–Trinajstić information content (AvgIpc) is 2.99. The second kappa shape index (κ2) is 14.9. The fourth-order valence-corrected chi connectivity index (χ4v) is 7.00. The van der Waals surface area contributed by atoms with Gasteiger partial charge in [0.2, 0.25) is 0 Å². The Hall–Kier alpha value is -3.78. The fourth-order valence-electron chi connectivity index (χ4n) is 4.66. The van der Waals surface area contributed by atoms with Crippen molar-refractivity contribution >= 4 is 40.0 Å². The highest BCUT2D eigenvalue weighted by Gasteiger charge is 2.29. The first-order valence-electron chi connectivity index (χ1n) is 14.5. The quantitative estimate of drug-likeness (QED) is 0.121. The molecule has 42 heavy (non-hydrogen) atoms. The number of hydrogen-bond donors (Lipinski definition) is 1. The summed E-state index contributed by atoms with van der Waals surface area (Å²) in [7, 11) is 0. The second-order valence-electron chi connectivity index (χ2n) is 10.3. The van der Waals surface area contributed by atoms with Crippen molar-refractivity contribution in [3.05, 3.63) is 77.4 Å². The Bertz CT molecular complexity index is 1640. The smallest absolute Gasteiger partial charge is 0.153 e. The molecule has 0 atom stereocenters. The number of nitrogens with zero attached hydrogens (tertiary/aromatic N) is 2. The molecule has 0 amide bonds. The van der Waals surface area contributed by atoms with E-state index in [1.807, 2.05) is 24.3 Å². The molecule has 4 aromatic rings. The van der Waals surface area contributed by atoms with Gasteiger partial charge >= 0.3 is 0 Å². The van der Waals surface area contributed by atoms with E-state index in [1.54, 1.807) is 11.8 Å². The molecule has 0 aliphatic heterocycles. The van der Waals surface area contributed by atoms with Gasteiger partial charge in [-0.2, -0.15) is 10.5 Å². The minimum absolute atomic E-state index is 0.196. The van der Waals surface area contributed by atoms with Crippen LogP contribution in [0.1, 0.15) is 76.0 Å². The number of para-hydroxylation sites is 1. The molecule has 0 saturated carbocycles. The summed E-state index contributed by atoms with van der Waals surface area (Å²) in [5.74, 6) is 1.20. The van der Waals surface area contributed by atoms with Crippen LogP contribution in [0.2, 0.25) is 0 Å². The summed E-state index contributed by atoms with van der Waals surface area (Å²) >= 11 is 3.00. The predicted molar refractivity (Wildman–Crippen MR) is 174 cm³/mol. The Morgan fingerprint density at radius 3 is 1.79 bits per heavy atom. The van der Waals surface area contributed by atoms with E-state index in [2.05, 4.69) is 76.2 Å². The Morgan fingerprint density at radius 2 is 1.24 bits per heavy atom. The molecule has 0 unspecified atom stereocenters. The number of anilines is 1.